The number of benzene rings is 1. The molecule has 1 heterocycles. The highest BCUT2D eigenvalue weighted by Crippen LogP contribution is 2.29. The molecule has 1 atom stereocenters. The zero-order valence-electron chi connectivity index (χ0n) is 13.6. The minimum Gasteiger partial charge on any atom is -0.477 e. The average molecular weight is 383 g/mol. The van der Waals surface area contributed by atoms with Crippen LogP contribution in [0.4, 0.5) is 5.69 Å². The van der Waals surface area contributed by atoms with Crippen LogP contribution in [0.2, 0.25) is 10.0 Å². The van der Waals surface area contributed by atoms with Gasteiger partial charge in [0.15, 0.2) is 6.10 Å². The molecular weight excluding hydrogens is 367 g/mol. The van der Waals surface area contributed by atoms with Gasteiger partial charge in [-0.05, 0) is 38.1 Å². The minimum absolute atomic E-state index is 0.143. The van der Waals surface area contributed by atoms with Crippen molar-refractivity contribution < 1.29 is 19.1 Å². The Hall–Kier alpha value is -2.31. The van der Waals surface area contributed by atoms with E-state index >= 15 is 0 Å². The topological polar surface area (TPSA) is 77.5 Å². The van der Waals surface area contributed by atoms with Crippen LogP contribution < -0.4 is 10.1 Å². The van der Waals surface area contributed by atoms with Crippen LogP contribution in [0.25, 0.3) is 0 Å². The smallest absolute Gasteiger partial charge is 0.344 e. The molecule has 1 aromatic carbocycles. The highest BCUT2D eigenvalue weighted by molar-refractivity contribution is 6.44. The van der Waals surface area contributed by atoms with Gasteiger partial charge in [-0.2, -0.15) is 0 Å². The van der Waals surface area contributed by atoms with Crippen LogP contribution in [0.1, 0.15) is 24.2 Å². The van der Waals surface area contributed by atoms with E-state index in [1.807, 2.05) is 0 Å². The summed E-state index contributed by atoms with van der Waals surface area (Å²) in [6, 6.07) is 7.93. The molecule has 25 heavy (non-hydrogen) atoms. The van der Waals surface area contributed by atoms with Gasteiger partial charge in [-0.3, -0.25) is 4.79 Å². The number of halogens is 2. The summed E-state index contributed by atoms with van der Waals surface area (Å²) in [6.45, 7) is 3.57. The maximum absolute atomic E-state index is 12.3. The molecule has 1 aromatic heterocycles. The van der Waals surface area contributed by atoms with Gasteiger partial charge in [0.1, 0.15) is 5.56 Å². The van der Waals surface area contributed by atoms with E-state index in [1.165, 1.54) is 19.2 Å². The van der Waals surface area contributed by atoms with E-state index in [0.717, 1.165) is 0 Å². The average Bonchev–Trinajstić information content (AvgIpc) is 2.59. The SMILES string of the molecule is CCOc1ncccc1C(=O)OC(C)C(=O)Nc1cccc(Cl)c1Cl. The number of esters is 1. The van der Waals surface area contributed by atoms with Crippen molar-refractivity contribution in [3.63, 3.8) is 0 Å². The Morgan fingerprint density at radius 1 is 1.24 bits per heavy atom. The molecule has 0 saturated carbocycles. The number of aromatic nitrogens is 1. The summed E-state index contributed by atoms with van der Waals surface area (Å²) in [7, 11) is 0. The Balaban J connectivity index is 2.06. The highest BCUT2D eigenvalue weighted by atomic mass is 35.5. The first-order valence-corrected chi connectivity index (χ1v) is 8.23. The predicted molar refractivity (Wildman–Crippen MR) is 95.4 cm³/mol. The zero-order valence-corrected chi connectivity index (χ0v) is 15.1. The summed E-state index contributed by atoms with van der Waals surface area (Å²) in [6.07, 6.45) is 0.441. The van der Waals surface area contributed by atoms with Gasteiger partial charge in [-0.25, -0.2) is 9.78 Å². The van der Waals surface area contributed by atoms with Gasteiger partial charge < -0.3 is 14.8 Å². The Morgan fingerprint density at radius 2 is 2.00 bits per heavy atom. The molecule has 2 aromatic rings. The Bertz CT molecular complexity index is 783. The summed E-state index contributed by atoms with van der Waals surface area (Å²) in [5.74, 6) is -1.10. The number of carbonyl (C=O) groups is 2. The van der Waals surface area contributed by atoms with Crippen molar-refractivity contribution in [2.24, 2.45) is 0 Å². The quantitative estimate of drug-likeness (QED) is 0.764. The third-order valence-electron chi connectivity index (χ3n) is 3.13. The van der Waals surface area contributed by atoms with Crippen LogP contribution in [0.3, 0.4) is 0 Å². The van der Waals surface area contributed by atoms with E-state index in [2.05, 4.69) is 10.3 Å². The second-order valence-electron chi connectivity index (χ2n) is 4.93. The lowest BCUT2D eigenvalue weighted by molar-refractivity contribution is -0.123. The fraction of sp³-hybridized carbons (Fsp3) is 0.235. The lowest BCUT2D eigenvalue weighted by atomic mass is 10.2. The number of pyridine rings is 1. The van der Waals surface area contributed by atoms with Crippen LogP contribution in [0.5, 0.6) is 5.88 Å². The minimum atomic E-state index is -1.06. The number of rotatable bonds is 6. The number of nitrogens with one attached hydrogen (secondary N) is 1. The van der Waals surface area contributed by atoms with Crippen LogP contribution in [-0.4, -0.2) is 29.6 Å². The molecule has 0 aliphatic carbocycles. The van der Waals surface area contributed by atoms with Crippen LogP contribution in [0.15, 0.2) is 36.5 Å². The number of anilines is 1. The molecule has 0 bridgehead atoms. The third-order valence-corrected chi connectivity index (χ3v) is 3.95. The molecule has 1 unspecified atom stereocenters. The maximum Gasteiger partial charge on any atom is 0.344 e. The van der Waals surface area contributed by atoms with Gasteiger partial charge in [0.05, 0.1) is 22.3 Å². The van der Waals surface area contributed by atoms with Crippen molar-refractivity contribution in [3.05, 3.63) is 52.1 Å². The fourth-order valence-corrected chi connectivity index (χ4v) is 2.26. The normalized spacial score (nSPS) is 11.5. The molecule has 0 fully saturated rings. The van der Waals surface area contributed by atoms with Gasteiger partial charge >= 0.3 is 5.97 Å². The lowest BCUT2D eigenvalue weighted by Crippen LogP contribution is -2.30. The molecule has 6 nitrogen and oxygen atoms in total. The Morgan fingerprint density at radius 3 is 2.72 bits per heavy atom. The fourth-order valence-electron chi connectivity index (χ4n) is 1.91. The van der Waals surface area contributed by atoms with Crippen molar-refractivity contribution in [1.82, 2.24) is 4.98 Å². The van der Waals surface area contributed by atoms with E-state index in [-0.39, 0.29) is 16.5 Å². The molecule has 0 aliphatic heterocycles. The third kappa shape index (κ3) is 4.84. The van der Waals surface area contributed by atoms with Crippen LogP contribution >= 0.6 is 23.2 Å². The van der Waals surface area contributed by atoms with E-state index in [9.17, 15) is 9.59 Å². The molecule has 0 radical (unpaired) electrons. The zero-order chi connectivity index (χ0) is 18.4. The highest BCUT2D eigenvalue weighted by Gasteiger charge is 2.22. The van der Waals surface area contributed by atoms with Gasteiger partial charge in [-0.1, -0.05) is 29.3 Å². The monoisotopic (exact) mass is 382 g/mol. The van der Waals surface area contributed by atoms with Crippen molar-refractivity contribution in [2.75, 3.05) is 11.9 Å². The van der Waals surface area contributed by atoms with Gasteiger partial charge in [0.25, 0.3) is 5.91 Å². The lowest BCUT2D eigenvalue weighted by Gasteiger charge is -2.15. The number of amides is 1. The van der Waals surface area contributed by atoms with Crippen LogP contribution in [-0.2, 0) is 9.53 Å². The first-order valence-electron chi connectivity index (χ1n) is 7.47. The molecule has 2 rings (SSSR count). The Labute approximate surface area is 155 Å². The number of hydrogen-bond donors (Lipinski definition) is 1. The summed E-state index contributed by atoms with van der Waals surface area (Å²) >= 11 is 11.9. The molecule has 1 N–H and O–H groups in total. The Kier molecular flexibility index (Phi) is 6.61. The summed E-state index contributed by atoms with van der Waals surface area (Å²) in [5.41, 5.74) is 0.475. The number of hydrogen-bond acceptors (Lipinski definition) is 5. The summed E-state index contributed by atoms with van der Waals surface area (Å²) in [5, 5.41) is 3.08. The number of nitrogens with zero attached hydrogens (tertiary/aromatic N) is 1. The van der Waals surface area contributed by atoms with Gasteiger partial charge in [0, 0.05) is 6.20 Å². The van der Waals surface area contributed by atoms with Crippen molar-refractivity contribution in [3.8, 4) is 5.88 Å². The second-order valence-corrected chi connectivity index (χ2v) is 5.71. The molecule has 1 amide bonds. The predicted octanol–water partition coefficient (Wildman–Crippen LogP) is 3.97. The second kappa shape index (κ2) is 8.69. The number of ether oxygens (including phenoxy) is 2. The first-order chi connectivity index (χ1) is 11.9. The standard InChI is InChI=1S/C17H16Cl2N2O4/c1-3-24-16-11(6-5-9-20-16)17(23)25-10(2)15(22)21-13-8-4-7-12(18)14(13)19/h4-10H,3H2,1-2H3,(H,21,22). The molecule has 0 saturated heterocycles. The first kappa shape index (κ1) is 19.0. The number of carbonyl (C=O) groups excluding carboxylic acids is 2. The van der Waals surface area contributed by atoms with Crippen molar-refractivity contribution in [2.45, 2.75) is 20.0 Å². The van der Waals surface area contributed by atoms with E-state index in [4.69, 9.17) is 32.7 Å². The largest absolute Gasteiger partial charge is 0.477 e. The summed E-state index contributed by atoms with van der Waals surface area (Å²) < 4.78 is 10.5. The van der Waals surface area contributed by atoms with E-state index < -0.39 is 18.0 Å². The molecule has 132 valence electrons. The van der Waals surface area contributed by atoms with Crippen molar-refractivity contribution >= 4 is 40.8 Å². The molecule has 8 heteroatoms. The van der Waals surface area contributed by atoms with Crippen LogP contribution in [0, 0.1) is 0 Å². The maximum atomic E-state index is 12.3. The van der Waals surface area contributed by atoms with E-state index in [1.54, 1.807) is 31.2 Å². The summed E-state index contributed by atoms with van der Waals surface area (Å²) in [4.78, 5) is 28.5. The van der Waals surface area contributed by atoms with E-state index in [0.29, 0.717) is 17.3 Å². The van der Waals surface area contributed by atoms with Gasteiger partial charge in [-0.15, -0.1) is 0 Å². The molecule has 0 spiro atoms. The van der Waals surface area contributed by atoms with Crippen molar-refractivity contribution in [1.29, 1.82) is 0 Å². The van der Waals surface area contributed by atoms with Gasteiger partial charge in [0.2, 0.25) is 5.88 Å². The molecule has 0 aliphatic rings. The molecular formula is C17H16Cl2N2O4.